The van der Waals surface area contributed by atoms with Crippen LogP contribution >= 0.6 is 11.6 Å². The first kappa shape index (κ1) is 17.0. The van der Waals surface area contributed by atoms with Crippen molar-refractivity contribution in [2.24, 2.45) is 0 Å². The highest BCUT2D eigenvalue weighted by Gasteiger charge is 2.22. The van der Waals surface area contributed by atoms with Gasteiger partial charge in [-0.15, -0.1) is 11.6 Å². The van der Waals surface area contributed by atoms with E-state index in [0.29, 0.717) is 0 Å². The van der Waals surface area contributed by atoms with Gasteiger partial charge in [0.25, 0.3) is 0 Å². The Bertz CT molecular complexity index is 273. The maximum Gasteiger partial charge on any atom is 0.410 e. The van der Waals surface area contributed by atoms with Crippen LogP contribution < -0.4 is 5.32 Å². The molecular weight excluding hydrogens is 260 g/mol. The van der Waals surface area contributed by atoms with Crippen molar-refractivity contribution in [3.8, 4) is 0 Å². The summed E-state index contributed by atoms with van der Waals surface area (Å²) in [5, 5.41) is 10.8. The van der Waals surface area contributed by atoms with Gasteiger partial charge in [-0.2, -0.15) is 0 Å². The van der Waals surface area contributed by atoms with Crippen molar-refractivity contribution in [3.63, 3.8) is 0 Å². The fraction of sp³-hybridized carbons (Fsp3) is 0.818. The number of halogens is 1. The van der Waals surface area contributed by atoms with Gasteiger partial charge >= 0.3 is 12.1 Å². The molecule has 2 N–H and O–H groups in total. The normalized spacial score (nSPS) is 15.4. The summed E-state index contributed by atoms with van der Waals surface area (Å²) in [6, 6.07) is 0. The SMILES string of the molecule is CC(C)(C)OC(=O)N1CCNCC1.O=C(O)CCl. The molecule has 1 fully saturated rings. The number of rotatable bonds is 1. The van der Waals surface area contributed by atoms with Crippen LogP contribution in [0.1, 0.15) is 20.8 Å². The fourth-order valence-corrected chi connectivity index (χ4v) is 1.17. The number of amides is 1. The van der Waals surface area contributed by atoms with Crippen LogP contribution in [-0.2, 0) is 9.53 Å². The van der Waals surface area contributed by atoms with Gasteiger partial charge in [0, 0.05) is 26.2 Å². The second-order valence-corrected chi connectivity index (χ2v) is 5.01. The molecule has 0 saturated carbocycles. The Balaban J connectivity index is 0.000000494. The molecule has 0 aliphatic carbocycles. The Morgan fingerprint density at radius 1 is 1.33 bits per heavy atom. The third-order valence-electron chi connectivity index (χ3n) is 1.88. The Morgan fingerprint density at radius 3 is 2.11 bits per heavy atom. The average Bonchev–Trinajstić information content (AvgIpc) is 2.29. The lowest BCUT2D eigenvalue weighted by atomic mass is 10.2. The van der Waals surface area contributed by atoms with Gasteiger partial charge in [0.15, 0.2) is 0 Å². The zero-order chi connectivity index (χ0) is 14.2. The molecule has 0 aromatic rings. The van der Waals surface area contributed by atoms with Gasteiger partial charge in [0.05, 0.1) is 0 Å². The topological polar surface area (TPSA) is 78.9 Å². The zero-order valence-electron chi connectivity index (χ0n) is 11.0. The van der Waals surface area contributed by atoms with Crippen LogP contribution in [0.25, 0.3) is 0 Å². The summed E-state index contributed by atoms with van der Waals surface area (Å²) in [5.74, 6) is -1.29. The first-order valence-electron chi connectivity index (χ1n) is 5.72. The maximum atomic E-state index is 11.5. The van der Waals surface area contributed by atoms with Crippen molar-refractivity contribution < 1.29 is 19.4 Å². The Labute approximate surface area is 112 Å². The molecule has 0 aromatic heterocycles. The molecule has 18 heavy (non-hydrogen) atoms. The first-order chi connectivity index (χ1) is 8.26. The predicted molar refractivity (Wildman–Crippen MR) is 69.0 cm³/mol. The van der Waals surface area contributed by atoms with E-state index < -0.39 is 5.97 Å². The smallest absolute Gasteiger partial charge is 0.410 e. The number of hydrogen-bond donors (Lipinski definition) is 2. The Morgan fingerprint density at radius 2 is 1.78 bits per heavy atom. The third kappa shape index (κ3) is 9.07. The van der Waals surface area contributed by atoms with E-state index in [4.69, 9.17) is 21.4 Å². The molecule has 106 valence electrons. The van der Waals surface area contributed by atoms with Gasteiger partial charge in [-0.25, -0.2) is 4.79 Å². The monoisotopic (exact) mass is 280 g/mol. The molecule has 7 heteroatoms. The molecular formula is C11H21ClN2O4. The maximum absolute atomic E-state index is 11.5. The van der Waals surface area contributed by atoms with Crippen molar-refractivity contribution in [3.05, 3.63) is 0 Å². The van der Waals surface area contributed by atoms with Crippen molar-refractivity contribution in [1.29, 1.82) is 0 Å². The lowest BCUT2D eigenvalue weighted by Crippen LogP contribution is -2.48. The number of nitrogens with one attached hydrogen (secondary N) is 1. The predicted octanol–water partition coefficient (Wildman–Crippen LogP) is 1.14. The number of carboxylic acids is 1. The van der Waals surface area contributed by atoms with E-state index in [9.17, 15) is 9.59 Å². The second-order valence-electron chi connectivity index (χ2n) is 4.74. The number of aliphatic carboxylic acids is 1. The second kappa shape index (κ2) is 8.16. The fourth-order valence-electron chi connectivity index (χ4n) is 1.17. The molecule has 0 spiro atoms. The van der Waals surface area contributed by atoms with Gasteiger partial charge < -0.3 is 20.1 Å². The van der Waals surface area contributed by atoms with E-state index in [2.05, 4.69) is 5.32 Å². The largest absolute Gasteiger partial charge is 0.480 e. The van der Waals surface area contributed by atoms with Crippen LogP contribution in [0, 0.1) is 0 Å². The molecule has 0 bridgehead atoms. The summed E-state index contributed by atoms with van der Waals surface area (Å²) >= 11 is 4.74. The number of alkyl halides is 1. The Kier molecular flexibility index (Phi) is 7.70. The van der Waals surface area contributed by atoms with Crippen LogP contribution in [0.3, 0.4) is 0 Å². The number of carboxylic acid groups (broad SMARTS) is 1. The molecule has 1 heterocycles. The van der Waals surface area contributed by atoms with E-state index in [-0.39, 0.29) is 17.6 Å². The number of nitrogens with zero attached hydrogens (tertiary/aromatic N) is 1. The van der Waals surface area contributed by atoms with Gasteiger partial charge in [0.2, 0.25) is 0 Å². The minimum absolute atomic E-state index is 0.200. The van der Waals surface area contributed by atoms with Crippen LogP contribution in [0.2, 0.25) is 0 Å². The van der Waals surface area contributed by atoms with Gasteiger partial charge in [-0.05, 0) is 20.8 Å². The molecule has 1 aliphatic heterocycles. The molecule has 1 aliphatic rings. The van der Waals surface area contributed by atoms with Crippen molar-refractivity contribution in [2.75, 3.05) is 32.1 Å². The molecule has 0 atom stereocenters. The van der Waals surface area contributed by atoms with Crippen LogP contribution in [0.5, 0.6) is 0 Å². The minimum Gasteiger partial charge on any atom is -0.480 e. The van der Waals surface area contributed by atoms with E-state index in [1.54, 1.807) is 4.90 Å². The number of carbonyl (C=O) groups is 2. The van der Waals surface area contributed by atoms with E-state index in [0.717, 1.165) is 26.2 Å². The molecule has 0 radical (unpaired) electrons. The summed E-state index contributed by atoms with van der Waals surface area (Å²) in [5.41, 5.74) is -0.387. The average molecular weight is 281 g/mol. The third-order valence-corrected chi connectivity index (χ3v) is 2.11. The van der Waals surface area contributed by atoms with Crippen molar-refractivity contribution in [1.82, 2.24) is 10.2 Å². The quantitative estimate of drug-likeness (QED) is 0.704. The van der Waals surface area contributed by atoms with Gasteiger partial charge in [-0.3, -0.25) is 4.79 Å². The van der Waals surface area contributed by atoms with Crippen LogP contribution in [-0.4, -0.2) is 59.7 Å². The molecule has 0 aromatic carbocycles. The summed E-state index contributed by atoms with van der Waals surface area (Å²) in [6.07, 6.45) is -0.200. The summed E-state index contributed by atoms with van der Waals surface area (Å²) in [4.78, 5) is 22.5. The lowest BCUT2D eigenvalue weighted by molar-refractivity contribution is -0.134. The standard InChI is InChI=1S/C9H18N2O2.C2H3ClO2/c1-9(2,3)13-8(12)11-6-4-10-5-7-11;3-1-2(4)5/h10H,4-7H2,1-3H3;1H2,(H,4,5). The van der Waals surface area contributed by atoms with Crippen molar-refractivity contribution >= 4 is 23.7 Å². The van der Waals surface area contributed by atoms with Crippen molar-refractivity contribution in [2.45, 2.75) is 26.4 Å². The molecule has 1 amide bonds. The molecule has 1 rings (SSSR count). The highest BCUT2D eigenvalue weighted by Crippen LogP contribution is 2.09. The van der Waals surface area contributed by atoms with Crippen LogP contribution in [0.15, 0.2) is 0 Å². The van der Waals surface area contributed by atoms with E-state index in [1.165, 1.54) is 0 Å². The Hall–Kier alpha value is -1.01. The van der Waals surface area contributed by atoms with Crippen LogP contribution in [0.4, 0.5) is 4.79 Å². The zero-order valence-corrected chi connectivity index (χ0v) is 11.8. The molecule has 1 saturated heterocycles. The van der Waals surface area contributed by atoms with E-state index in [1.807, 2.05) is 20.8 Å². The summed E-state index contributed by atoms with van der Waals surface area (Å²) < 4.78 is 5.24. The summed E-state index contributed by atoms with van der Waals surface area (Å²) in [7, 11) is 0. The lowest BCUT2D eigenvalue weighted by Gasteiger charge is -2.30. The number of piperazine rings is 1. The van der Waals surface area contributed by atoms with Gasteiger partial charge in [0.1, 0.15) is 11.5 Å². The van der Waals surface area contributed by atoms with Gasteiger partial charge in [-0.1, -0.05) is 0 Å². The molecule has 6 nitrogen and oxygen atoms in total. The minimum atomic E-state index is -0.980. The highest BCUT2D eigenvalue weighted by molar-refractivity contribution is 6.26. The highest BCUT2D eigenvalue weighted by atomic mass is 35.5. The summed E-state index contributed by atoms with van der Waals surface area (Å²) in [6.45, 7) is 8.86. The number of carbonyl (C=O) groups excluding carboxylic acids is 1. The van der Waals surface area contributed by atoms with E-state index >= 15 is 0 Å². The first-order valence-corrected chi connectivity index (χ1v) is 6.26. The molecule has 0 unspecified atom stereocenters. The number of hydrogen-bond acceptors (Lipinski definition) is 4. The number of ether oxygens (including phenoxy) is 1.